The third-order valence-electron chi connectivity index (χ3n) is 4.71. The number of fused-ring (bicyclic) bond motifs is 1. The van der Waals surface area contributed by atoms with E-state index in [0.29, 0.717) is 28.3 Å². The lowest BCUT2D eigenvalue weighted by molar-refractivity contribution is -0.116. The molecule has 0 saturated heterocycles. The van der Waals surface area contributed by atoms with Crippen LogP contribution in [0.4, 0.5) is 5.69 Å². The predicted molar refractivity (Wildman–Crippen MR) is 96.2 cm³/mol. The molecule has 6 nitrogen and oxygen atoms in total. The molecule has 1 amide bonds. The number of amides is 1. The van der Waals surface area contributed by atoms with Crippen LogP contribution in [-0.4, -0.2) is 24.0 Å². The van der Waals surface area contributed by atoms with Gasteiger partial charge < -0.3 is 19.5 Å². The molecule has 132 valence electrons. The van der Waals surface area contributed by atoms with Crippen molar-refractivity contribution in [3.8, 4) is 11.5 Å². The number of hydrogen-bond acceptors (Lipinski definition) is 4. The Hall–Kier alpha value is -3.28. The Morgan fingerprint density at radius 1 is 1.23 bits per heavy atom. The fraction of sp³-hybridized carbons (Fsp3) is 0.200. The second kappa shape index (κ2) is 5.91. The van der Waals surface area contributed by atoms with Crippen molar-refractivity contribution in [3.05, 3.63) is 64.5 Å². The number of aryl methyl sites for hydroxylation is 2. The number of hydrogen-bond donors (Lipinski definition) is 2. The third kappa shape index (κ3) is 2.34. The molecule has 4 rings (SSSR count). The minimum Gasteiger partial charge on any atom is -0.465 e. The molecule has 2 aromatic heterocycles. The van der Waals surface area contributed by atoms with Gasteiger partial charge in [0, 0.05) is 16.9 Å². The van der Waals surface area contributed by atoms with Crippen LogP contribution in [0, 0.1) is 13.8 Å². The highest BCUT2D eigenvalue weighted by Crippen LogP contribution is 2.44. The molecular formula is C20H18N2O4. The van der Waals surface area contributed by atoms with Crippen LogP contribution in [0.1, 0.15) is 38.7 Å². The molecule has 1 aliphatic heterocycles. The maximum Gasteiger partial charge on any atom is 0.340 e. The van der Waals surface area contributed by atoms with Crippen LogP contribution in [0.25, 0.3) is 11.5 Å². The van der Waals surface area contributed by atoms with E-state index in [9.17, 15) is 9.59 Å². The Balaban J connectivity index is 2.01. The van der Waals surface area contributed by atoms with E-state index >= 15 is 0 Å². The van der Waals surface area contributed by atoms with Gasteiger partial charge in [0.25, 0.3) is 0 Å². The maximum absolute atomic E-state index is 12.8. The summed E-state index contributed by atoms with van der Waals surface area (Å²) in [5.41, 5.74) is 4.82. The second-order valence-corrected chi connectivity index (χ2v) is 6.40. The molecule has 1 aliphatic rings. The van der Waals surface area contributed by atoms with Crippen molar-refractivity contribution in [2.24, 2.45) is 0 Å². The number of carbonyl (C=O) groups is 2. The van der Waals surface area contributed by atoms with E-state index in [-0.39, 0.29) is 5.91 Å². The molecule has 3 heterocycles. The van der Waals surface area contributed by atoms with Gasteiger partial charge in [-0.1, -0.05) is 17.7 Å². The number of H-pyrrole nitrogens is 1. The molecule has 0 fully saturated rings. The van der Waals surface area contributed by atoms with Gasteiger partial charge in [-0.2, -0.15) is 0 Å². The smallest absolute Gasteiger partial charge is 0.340 e. The summed E-state index contributed by atoms with van der Waals surface area (Å²) in [5, 5.41) is 2.90. The Kier molecular flexibility index (Phi) is 3.68. The molecule has 0 radical (unpaired) electrons. The fourth-order valence-electron chi connectivity index (χ4n) is 3.58. The number of ether oxygens (including phenoxy) is 1. The van der Waals surface area contributed by atoms with Crippen LogP contribution in [0.5, 0.6) is 0 Å². The molecule has 0 bridgehead atoms. The van der Waals surface area contributed by atoms with Crippen molar-refractivity contribution < 1.29 is 18.7 Å². The zero-order valence-electron chi connectivity index (χ0n) is 14.7. The SMILES string of the molecule is COC(=O)c1c(C)[nH]c(-c2ccco2)c1C1C(=O)Nc2ccc(C)cc21. The van der Waals surface area contributed by atoms with E-state index in [0.717, 1.165) is 16.8 Å². The van der Waals surface area contributed by atoms with E-state index in [1.54, 1.807) is 25.3 Å². The van der Waals surface area contributed by atoms with Gasteiger partial charge in [0.2, 0.25) is 5.91 Å². The Morgan fingerprint density at radius 2 is 2.04 bits per heavy atom. The molecule has 1 aromatic carbocycles. The van der Waals surface area contributed by atoms with Gasteiger partial charge in [0.15, 0.2) is 0 Å². The highest BCUT2D eigenvalue weighted by atomic mass is 16.5. The van der Waals surface area contributed by atoms with Crippen molar-refractivity contribution in [1.82, 2.24) is 4.98 Å². The first-order chi connectivity index (χ1) is 12.5. The fourth-order valence-corrected chi connectivity index (χ4v) is 3.58. The standard InChI is InChI=1S/C20H18N2O4/c1-10-6-7-13-12(9-10)16(19(23)22-13)17-15(20(24)25-3)11(2)21-18(17)14-5-4-8-26-14/h4-9,16,21H,1-3H3,(H,22,23). The molecule has 0 saturated carbocycles. The van der Waals surface area contributed by atoms with Crippen LogP contribution >= 0.6 is 0 Å². The van der Waals surface area contributed by atoms with Gasteiger partial charge in [-0.15, -0.1) is 0 Å². The average Bonchev–Trinajstić information content (AvgIpc) is 3.31. The van der Waals surface area contributed by atoms with Crippen molar-refractivity contribution in [1.29, 1.82) is 0 Å². The summed E-state index contributed by atoms with van der Waals surface area (Å²) < 4.78 is 10.5. The van der Waals surface area contributed by atoms with Crippen molar-refractivity contribution in [2.75, 3.05) is 12.4 Å². The molecule has 2 N–H and O–H groups in total. The number of furan rings is 1. The van der Waals surface area contributed by atoms with E-state index < -0.39 is 11.9 Å². The minimum absolute atomic E-state index is 0.178. The van der Waals surface area contributed by atoms with Crippen LogP contribution in [0.3, 0.4) is 0 Å². The number of carbonyl (C=O) groups excluding carboxylic acids is 2. The van der Waals surface area contributed by atoms with Gasteiger partial charge >= 0.3 is 5.97 Å². The van der Waals surface area contributed by atoms with Crippen LogP contribution in [-0.2, 0) is 9.53 Å². The first-order valence-corrected chi connectivity index (χ1v) is 8.27. The summed E-state index contributed by atoms with van der Waals surface area (Å²) in [5.74, 6) is -0.723. The number of rotatable bonds is 3. The van der Waals surface area contributed by atoms with Gasteiger partial charge in [-0.3, -0.25) is 4.79 Å². The predicted octanol–water partition coefficient (Wildman–Crippen LogP) is 3.76. The van der Waals surface area contributed by atoms with Crippen LogP contribution < -0.4 is 5.32 Å². The summed E-state index contributed by atoms with van der Waals surface area (Å²) in [6, 6.07) is 9.35. The average molecular weight is 350 g/mol. The zero-order chi connectivity index (χ0) is 18.4. The molecule has 0 spiro atoms. The van der Waals surface area contributed by atoms with Crippen molar-refractivity contribution in [3.63, 3.8) is 0 Å². The van der Waals surface area contributed by atoms with Gasteiger partial charge in [-0.25, -0.2) is 4.79 Å². The highest BCUT2D eigenvalue weighted by Gasteiger charge is 2.39. The molecule has 1 unspecified atom stereocenters. The number of aromatic amines is 1. The quantitative estimate of drug-likeness (QED) is 0.705. The Morgan fingerprint density at radius 3 is 2.73 bits per heavy atom. The molecular weight excluding hydrogens is 332 g/mol. The lowest BCUT2D eigenvalue weighted by atomic mass is 9.88. The molecule has 3 aromatic rings. The number of aromatic nitrogens is 1. The number of methoxy groups -OCH3 is 1. The Bertz CT molecular complexity index is 1010. The topological polar surface area (TPSA) is 84.3 Å². The van der Waals surface area contributed by atoms with Crippen LogP contribution in [0.15, 0.2) is 41.0 Å². The molecule has 6 heteroatoms. The maximum atomic E-state index is 12.8. The normalized spacial score (nSPS) is 15.7. The van der Waals surface area contributed by atoms with Gasteiger partial charge in [-0.05, 0) is 37.6 Å². The van der Waals surface area contributed by atoms with Crippen molar-refractivity contribution in [2.45, 2.75) is 19.8 Å². The number of anilines is 1. The number of benzene rings is 1. The highest BCUT2D eigenvalue weighted by molar-refractivity contribution is 6.08. The Labute approximate surface area is 150 Å². The summed E-state index contributed by atoms with van der Waals surface area (Å²) in [6.45, 7) is 3.75. The van der Waals surface area contributed by atoms with Crippen LogP contribution in [0.2, 0.25) is 0 Å². The summed E-state index contributed by atoms with van der Waals surface area (Å²) in [6.07, 6.45) is 1.56. The first-order valence-electron chi connectivity index (χ1n) is 8.27. The first kappa shape index (κ1) is 16.2. The molecule has 0 aliphatic carbocycles. The third-order valence-corrected chi connectivity index (χ3v) is 4.71. The van der Waals surface area contributed by atoms with Crippen molar-refractivity contribution >= 4 is 17.6 Å². The largest absolute Gasteiger partial charge is 0.465 e. The van der Waals surface area contributed by atoms with Gasteiger partial charge in [0.1, 0.15) is 5.76 Å². The van der Waals surface area contributed by atoms with Gasteiger partial charge in [0.05, 0.1) is 30.5 Å². The molecule has 26 heavy (non-hydrogen) atoms. The van der Waals surface area contributed by atoms with E-state index in [2.05, 4.69) is 10.3 Å². The zero-order valence-corrected chi connectivity index (χ0v) is 14.7. The minimum atomic E-state index is -0.621. The van der Waals surface area contributed by atoms with E-state index in [1.807, 2.05) is 25.1 Å². The molecule has 1 atom stereocenters. The summed E-state index contributed by atoms with van der Waals surface area (Å²) in [7, 11) is 1.33. The summed E-state index contributed by atoms with van der Waals surface area (Å²) >= 11 is 0. The lowest BCUT2D eigenvalue weighted by Crippen LogP contribution is -2.17. The second-order valence-electron chi connectivity index (χ2n) is 6.40. The number of esters is 1. The van der Waals surface area contributed by atoms with E-state index in [1.165, 1.54) is 7.11 Å². The summed E-state index contributed by atoms with van der Waals surface area (Å²) in [4.78, 5) is 28.5. The van der Waals surface area contributed by atoms with E-state index in [4.69, 9.17) is 9.15 Å². The number of nitrogens with one attached hydrogen (secondary N) is 2. The monoisotopic (exact) mass is 350 g/mol. The lowest BCUT2D eigenvalue weighted by Gasteiger charge is -2.13.